The van der Waals surface area contributed by atoms with Crippen LogP contribution in [0.15, 0.2) is 48.7 Å². The summed E-state index contributed by atoms with van der Waals surface area (Å²) < 4.78 is 7.82. The van der Waals surface area contributed by atoms with Crippen molar-refractivity contribution in [2.24, 2.45) is 5.92 Å². The number of nitrogens with zero attached hydrogens (tertiary/aromatic N) is 4. The summed E-state index contributed by atoms with van der Waals surface area (Å²) in [6, 6.07) is 13.8. The lowest BCUT2D eigenvalue weighted by Gasteiger charge is -2.30. The molecule has 2 aliphatic rings. The number of carbonyl (C=O) groups is 1. The zero-order valence-corrected chi connectivity index (χ0v) is 14.4. The van der Waals surface area contributed by atoms with Crippen LogP contribution in [0.5, 0.6) is 5.75 Å². The van der Waals surface area contributed by atoms with E-state index in [0.717, 1.165) is 48.6 Å². The Morgan fingerprint density at radius 3 is 2.96 bits per heavy atom. The fourth-order valence-corrected chi connectivity index (χ4v) is 4.11. The van der Waals surface area contributed by atoms with Gasteiger partial charge in [0.25, 0.3) is 0 Å². The molecule has 2 atom stereocenters. The van der Waals surface area contributed by atoms with Crippen LogP contribution in [0.4, 0.5) is 0 Å². The molecule has 0 saturated carbocycles. The Morgan fingerprint density at radius 1 is 1.12 bits per heavy atom. The number of ether oxygens (including phenoxy) is 1. The Labute approximate surface area is 151 Å². The predicted molar refractivity (Wildman–Crippen MR) is 95.8 cm³/mol. The fraction of sp³-hybridized carbons (Fsp3) is 0.350. The highest BCUT2D eigenvalue weighted by atomic mass is 16.5. The zero-order valence-electron chi connectivity index (χ0n) is 14.4. The van der Waals surface area contributed by atoms with Gasteiger partial charge in [-0.3, -0.25) is 9.20 Å². The van der Waals surface area contributed by atoms with Crippen molar-refractivity contribution in [2.75, 3.05) is 13.2 Å². The van der Waals surface area contributed by atoms with Crippen LogP contribution >= 0.6 is 0 Å². The molecule has 1 amide bonds. The van der Waals surface area contributed by atoms with E-state index in [2.05, 4.69) is 10.2 Å². The largest absolute Gasteiger partial charge is 0.492 e. The second-order valence-electron chi connectivity index (χ2n) is 7.00. The second-order valence-corrected chi connectivity index (χ2v) is 7.00. The van der Waals surface area contributed by atoms with Gasteiger partial charge in [0.15, 0.2) is 11.5 Å². The molecule has 6 heteroatoms. The first-order chi connectivity index (χ1) is 12.8. The summed E-state index contributed by atoms with van der Waals surface area (Å²) in [5.74, 6) is 1.78. The molecular formula is C20H20N4O2. The molecule has 0 radical (unpaired) electrons. The number of benzene rings is 1. The maximum absolute atomic E-state index is 13.2. The molecule has 1 saturated heterocycles. The van der Waals surface area contributed by atoms with Gasteiger partial charge in [-0.05, 0) is 43.0 Å². The standard InChI is InChI=1S/C20H20N4O2/c25-20(15-12-14-6-1-2-8-17(14)26-13-15)23-11-5-7-16(23)19-22-21-18-9-3-4-10-24(18)19/h1-4,6,8-10,15-16H,5,7,11-13H2/t15-,16-/m0/s1. The zero-order chi connectivity index (χ0) is 17.5. The van der Waals surface area contributed by atoms with Crippen LogP contribution in [-0.2, 0) is 11.2 Å². The van der Waals surface area contributed by atoms with E-state index in [1.54, 1.807) is 0 Å². The third-order valence-electron chi connectivity index (χ3n) is 5.40. The van der Waals surface area contributed by atoms with E-state index in [-0.39, 0.29) is 17.9 Å². The first-order valence-electron chi connectivity index (χ1n) is 9.12. The van der Waals surface area contributed by atoms with Gasteiger partial charge in [0.05, 0.1) is 12.0 Å². The average Bonchev–Trinajstić information content (AvgIpc) is 3.33. The van der Waals surface area contributed by atoms with E-state index in [1.165, 1.54) is 0 Å². The number of hydrogen-bond acceptors (Lipinski definition) is 4. The van der Waals surface area contributed by atoms with Gasteiger partial charge in [-0.15, -0.1) is 10.2 Å². The highest BCUT2D eigenvalue weighted by Gasteiger charge is 2.37. The van der Waals surface area contributed by atoms with Crippen LogP contribution < -0.4 is 4.74 Å². The smallest absolute Gasteiger partial charge is 0.230 e. The van der Waals surface area contributed by atoms with Crippen molar-refractivity contribution in [2.45, 2.75) is 25.3 Å². The molecule has 3 aromatic rings. The van der Waals surface area contributed by atoms with Gasteiger partial charge in [0.2, 0.25) is 5.91 Å². The van der Waals surface area contributed by atoms with Gasteiger partial charge in [-0.25, -0.2) is 0 Å². The number of pyridine rings is 1. The Bertz CT molecular complexity index is 967. The number of carbonyl (C=O) groups excluding carboxylic acids is 1. The predicted octanol–water partition coefficient (Wildman–Crippen LogP) is 2.64. The molecule has 2 aromatic heterocycles. The van der Waals surface area contributed by atoms with Gasteiger partial charge in [-0.1, -0.05) is 24.3 Å². The number of aromatic nitrogens is 3. The summed E-state index contributed by atoms with van der Waals surface area (Å²) in [5, 5.41) is 8.63. The van der Waals surface area contributed by atoms with E-state index in [0.29, 0.717) is 6.61 Å². The molecule has 1 aromatic carbocycles. The number of likely N-dealkylation sites (tertiary alicyclic amines) is 1. The molecule has 0 unspecified atom stereocenters. The highest BCUT2D eigenvalue weighted by Crippen LogP contribution is 2.34. The Balaban J connectivity index is 1.41. The molecule has 0 aliphatic carbocycles. The van der Waals surface area contributed by atoms with E-state index in [9.17, 15) is 4.79 Å². The topological polar surface area (TPSA) is 59.7 Å². The SMILES string of the molecule is O=C([C@@H]1COc2ccccc2C1)N1CCC[C@H]1c1nnc2ccccn12. The summed E-state index contributed by atoms with van der Waals surface area (Å²) in [7, 11) is 0. The number of amides is 1. The molecule has 0 bridgehead atoms. The molecule has 5 rings (SSSR count). The van der Waals surface area contributed by atoms with Crippen LogP contribution in [0.3, 0.4) is 0 Å². The minimum atomic E-state index is -0.135. The molecule has 4 heterocycles. The van der Waals surface area contributed by atoms with E-state index in [4.69, 9.17) is 4.74 Å². The van der Waals surface area contributed by atoms with E-state index in [1.807, 2.05) is 58.0 Å². The molecule has 0 N–H and O–H groups in total. The molecule has 1 fully saturated rings. The van der Waals surface area contributed by atoms with Gasteiger partial charge in [0.1, 0.15) is 12.4 Å². The molecule has 6 nitrogen and oxygen atoms in total. The number of fused-ring (bicyclic) bond motifs is 2. The summed E-state index contributed by atoms with van der Waals surface area (Å²) >= 11 is 0. The maximum Gasteiger partial charge on any atom is 0.230 e. The van der Waals surface area contributed by atoms with Gasteiger partial charge in [-0.2, -0.15) is 0 Å². The van der Waals surface area contributed by atoms with E-state index < -0.39 is 0 Å². The van der Waals surface area contributed by atoms with Gasteiger partial charge < -0.3 is 9.64 Å². The molecule has 2 aliphatic heterocycles. The monoisotopic (exact) mass is 348 g/mol. The third kappa shape index (κ3) is 2.44. The Kier molecular flexibility index (Phi) is 3.62. The minimum absolute atomic E-state index is 0.0166. The molecule has 132 valence electrons. The molecule has 0 spiro atoms. The van der Waals surface area contributed by atoms with Crippen LogP contribution in [-0.4, -0.2) is 38.6 Å². The summed E-state index contributed by atoms with van der Waals surface area (Å²) in [6.45, 7) is 1.21. The van der Waals surface area contributed by atoms with Crippen molar-refractivity contribution in [3.8, 4) is 5.75 Å². The third-order valence-corrected chi connectivity index (χ3v) is 5.40. The normalized spacial score (nSPS) is 22.2. The first kappa shape index (κ1) is 15.4. The van der Waals surface area contributed by atoms with Crippen LogP contribution in [0, 0.1) is 5.92 Å². The van der Waals surface area contributed by atoms with Crippen molar-refractivity contribution in [3.63, 3.8) is 0 Å². The van der Waals surface area contributed by atoms with Crippen molar-refractivity contribution in [3.05, 3.63) is 60.0 Å². The molecular weight excluding hydrogens is 328 g/mol. The van der Waals surface area contributed by atoms with Gasteiger partial charge in [0, 0.05) is 12.7 Å². The maximum atomic E-state index is 13.2. The second kappa shape index (κ2) is 6.12. The number of hydrogen-bond donors (Lipinski definition) is 0. The Morgan fingerprint density at radius 2 is 2.00 bits per heavy atom. The van der Waals surface area contributed by atoms with Crippen LogP contribution in [0.1, 0.15) is 30.3 Å². The van der Waals surface area contributed by atoms with Crippen molar-refractivity contribution >= 4 is 11.6 Å². The summed E-state index contributed by atoms with van der Waals surface area (Å²) in [6.07, 6.45) is 4.61. The average molecular weight is 348 g/mol. The summed E-state index contributed by atoms with van der Waals surface area (Å²) in [4.78, 5) is 15.2. The highest BCUT2D eigenvalue weighted by molar-refractivity contribution is 5.80. The number of para-hydroxylation sites is 1. The molecule has 26 heavy (non-hydrogen) atoms. The lowest BCUT2D eigenvalue weighted by Crippen LogP contribution is -2.40. The van der Waals surface area contributed by atoms with Gasteiger partial charge >= 0.3 is 0 Å². The lowest BCUT2D eigenvalue weighted by atomic mass is 9.95. The van der Waals surface area contributed by atoms with Crippen LogP contribution in [0.2, 0.25) is 0 Å². The lowest BCUT2D eigenvalue weighted by molar-refractivity contribution is -0.138. The fourth-order valence-electron chi connectivity index (χ4n) is 4.11. The minimum Gasteiger partial charge on any atom is -0.492 e. The van der Waals surface area contributed by atoms with Crippen molar-refractivity contribution < 1.29 is 9.53 Å². The first-order valence-corrected chi connectivity index (χ1v) is 9.12. The number of rotatable bonds is 2. The Hall–Kier alpha value is -2.89. The van der Waals surface area contributed by atoms with E-state index >= 15 is 0 Å². The van der Waals surface area contributed by atoms with Crippen molar-refractivity contribution in [1.82, 2.24) is 19.5 Å². The quantitative estimate of drug-likeness (QED) is 0.714. The van der Waals surface area contributed by atoms with Crippen molar-refractivity contribution in [1.29, 1.82) is 0 Å². The summed E-state index contributed by atoms with van der Waals surface area (Å²) in [5.41, 5.74) is 1.93. The van der Waals surface area contributed by atoms with Crippen LogP contribution in [0.25, 0.3) is 5.65 Å².